The average molecular weight is 349 g/mol. The molecule has 1 N–H and O–H groups in total. The summed E-state index contributed by atoms with van der Waals surface area (Å²) in [4.78, 5) is 2.20. The number of hydrogen-bond donors (Lipinski definition) is 1. The van der Waals surface area contributed by atoms with Crippen LogP contribution in [0.4, 0.5) is 8.78 Å². The minimum absolute atomic E-state index is 0. The lowest BCUT2D eigenvalue weighted by Gasteiger charge is -2.39. The summed E-state index contributed by atoms with van der Waals surface area (Å²) in [5.74, 6) is -0.604. The van der Waals surface area contributed by atoms with E-state index in [1.54, 1.807) is 0 Å². The standard InChI is InChI=1S/C17H26F2N2O.ClH/c1-4-5-12(2)17(21-8-6-20-7-9-21)16-14(18)10-13(22-3)11-15(16)19;/h10-12,17,20H,4-9H2,1-3H3;1H/t12?,17-;/m1./s1. The number of hydrogen-bond acceptors (Lipinski definition) is 3. The van der Waals surface area contributed by atoms with E-state index in [9.17, 15) is 8.78 Å². The van der Waals surface area contributed by atoms with Gasteiger partial charge >= 0.3 is 0 Å². The molecule has 23 heavy (non-hydrogen) atoms. The van der Waals surface area contributed by atoms with Crippen LogP contribution in [-0.2, 0) is 0 Å². The quantitative estimate of drug-likeness (QED) is 0.846. The Morgan fingerprint density at radius 3 is 2.26 bits per heavy atom. The zero-order valence-corrected chi connectivity index (χ0v) is 14.9. The van der Waals surface area contributed by atoms with Gasteiger partial charge in [0.1, 0.15) is 17.4 Å². The fourth-order valence-corrected chi connectivity index (χ4v) is 3.36. The topological polar surface area (TPSA) is 24.5 Å². The van der Waals surface area contributed by atoms with Gasteiger partial charge in [-0.25, -0.2) is 8.78 Å². The SMILES string of the molecule is CCCC(C)[C@H](c1c(F)cc(OC)cc1F)N1CCNCC1.Cl. The molecule has 0 aromatic heterocycles. The van der Waals surface area contributed by atoms with Gasteiger partial charge in [-0.1, -0.05) is 20.3 Å². The molecule has 2 atom stereocenters. The van der Waals surface area contributed by atoms with Crippen LogP contribution in [0.25, 0.3) is 0 Å². The number of rotatable bonds is 6. The van der Waals surface area contributed by atoms with Crippen molar-refractivity contribution in [1.82, 2.24) is 10.2 Å². The van der Waals surface area contributed by atoms with Crippen molar-refractivity contribution < 1.29 is 13.5 Å². The number of halogens is 3. The molecule has 1 heterocycles. The van der Waals surface area contributed by atoms with Gasteiger partial charge in [-0.3, -0.25) is 4.90 Å². The monoisotopic (exact) mass is 348 g/mol. The molecule has 0 spiro atoms. The van der Waals surface area contributed by atoms with Gasteiger partial charge in [-0.15, -0.1) is 12.4 Å². The first-order valence-corrected chi connectivity index (χ1v) is 8.06. The minimum Gasteiger partial charge on any atom is -0.497 e. The van der Waals surface area contributed by atoms with Crippen molar-refractivity contribution >= 4 is 12.4 Å². The van der Waals surface area contributed by atoms with Crippen LogP contribution in [0.15, 0.2) is 12.1 Å². The van der Waals surface area contributed by atoms with Crippen LogP contribution < -0.4 is 10.1 Å². The number of nitrogens with zero attached hydrogens (tertiary/aromatic N) is 1. The molecule has 6 heteroatoms. The number of ether oxygens (including phenoxy) is 1. The Bertz CT molecular complexity index is 472. The third kappa shape index (κ3) is 4.78. The lowest BCUT2D eigenvalue weighted by atomic mass is 9.88. The fraction of sp³-hybridized carbons (Fsp3) is 0.647. The van der Waals surface area contributed by atoms with Gasteiger partial charge in [0.2, 0.25) is 0 Å². The van der Waals surface area contributed by atoms with E-state index in [-0.39, 0.29) is 35.7 Å². The van der Waals surface area contributed by atoms with E-state index in [4.69, 9.17) is 4.74 Å². The molecule has 1 saturated heterocycles. The van der Waals surface area contributed by atoms with Crippen molar-refractivity contribution in [2.75, 3.05) is 33.3 Å². The molecule has 1 aromatic carbocycles. The summed E-state index contributed by atoms with van der Waals surface area (Å²) in [7, 11) is 1.42. The average Bonchev–Trinajstić information content (AvgIpc) is 2.51. The van der Waals surface area contributed by atoms with E-state index < -0.39 is 11.6 Å². The first kappa shape index (κ1) is 20.1. The zero-order valence-electron chi connectivity index (χ0n) is 14.1. The van der Waals surface area contributed by atoms with Gasteiger partial charge in [0, 0.05) is 49.9 Å². The second kappa shape index (κ2) is 9.40. The molecular formula is C17H27ClF2N2O. The molecule has 0 aliphatic carbocycles. The maximum absolute atomic E-state index is 14.5. The van der Waals surface area contributed by atoms with Gasteiger partial charge in [0.25, 0.3) is 0 Å². The van der Waals surface area contributed by atoms with Crippen molar-refractivity contribution in [2.45, 2.75) is 32.7 Å². The number of piperazine rings is 1. The molecular weight excluding hydrogens is 322 g/mol. The molecule has 1 aliphatic rings. The first-order chi connectivity index (χ1) is 10.6. The van der Waals surface area contributed by atoms with Gasteiger partial charge in [-0.2, -0.15) is 0 Å². The van der Waals surface area contributed by atoms with Crippen LogP contribution in [0.2, 0.25) is 0 Å². The Hall–Kier alpha value is -0.910. The van der Waals surface area contributed by atoms with E-state index in [1.807, 2.05) is 0 Å². The lowest BCUT2D eigenvalue weighted by molar-refractivity contribution is 0.119. The van der Waals surface area contributed by atoms with Gasteiger partial charge in [0.05, 0.1) is 7.11 Å². The van der Waals surface area contributed by atoms with Gasteiger partial charge in [-0.05, 0) is 12.3 Å². The summed E-state index contributed by atoms with van der Waals surface area (Å²) < 4.78 is 34.0. The Kier molecular flexibility index (Phi) is 8.23. The highest BCUT2D eigenvalue weighted by molar-refractivity contribution is 5.85. The van der Waals surface area contributed by atoms with Gasteiger partial charge < -0.3 is 10.1 Å². The van der Waals surface area contributed by atoms with Crippen molar-refractivity contribution in [3.63, 3.8) is 0 Å². The van der Waals surface area contributed by atoms with Crippen LogP contribution in [0.3, 0.4) is 0 Å². The molecule has 0 bridgehead atoms. The van der Waals surface area contributed by atoms with E-state index >= 15 is 0 Å². The zero-order chi connectivity index (χ0) is 16.1. The van der Waals surface area contributed by atoms with E-state index in [0.717, 1.165) is 39.0 Å². The highest BCUT2D eigenvalue weighted by Crippen LogP contribution is 2.36. The summed E-state index contributed by atoms with van der Waals surface area (Å²) in [5, 5.41) is 3.29. The van der Waals surface area contributed by atoms with Crippen LogP contribution in [-0.4, -0.2) is 38.2 Å². The van der Waals surface area contributed by atoms with Gasteiger partial charge in [0.15, 0.2) is 0 Å². The minimum atomic E-state index is -0.511. The summed E-state index contributed by atoms with van der Waals surface area (Å²) in [6.45, 7) is 7.52. The molecule has 1 aliphatic heterocycles. The molecule has 3 nitrogen and oxygen atoms in total. The largest absolute Gasteiger partial charge is 0.497 e. The smallest absolute Gasteiger partial charge is 0.134 e. The molecule has 0 radical (unpaired) electrons. The summed E-state index contributed by atoms with van der Waals surface area (Å²) >= 11 is 0. The van der Waals surface area contributed by atoms with E-state index in [1.165, 1.54) is 19.2 Å². The van der Waals surface area contributed by atoms with E-state index in [2.05, 4.69) is 24.1 Å². The highest BCUT2D eigenvalue weighted by atomic mass is 35.5. The van der Waals surface area contributed by atoms with Crippen molar-refractivity contribution in [3.05, 3.63) is 29.3 Å². The van der Waals surface area contributed by atoms with Crippen LogP contribution in [0.5, 0.6) is 5.75 Å². The Balaban J connectivity index is 0.00000264. The van der Waals surface area contributed by atoms with Crippen LogP contribution >= 0.6 is 12.4 Å². The molecule has 132 valence electrons. The second-order valence-electron chi connectivity index (χ2n) is 6.00. The van der Waals surface area contributed by atoms with Crippen molar-refractivity contribution in [2.24, 2.45) is 5.92 Å². The summed E-state index contributed by atoms with van der Waals surface area (Å²) in [6.07, 6.45) is 1.95. The fourth-order valence-electron chi connectivity index (χ4n) is 3.36. The van der Waals surface area contributed by atoms with E-state index in [0.29, 0.717) is 0 Å². The summed E-state index contributed by atoms with van der Waals surface area (Å²) in [6, 6.07) is 2.34. The Morgan fingerprint density at radius 2 is 1.78 bits per heavy atom. The molecule has 1 fully saturated rings. The predicted molar refractivity (Wildman–Crippen MR) is 91.4 cm³/mol. The Morgan fingerprint density at radius 1 is 1.22 bits per heavy atom. The lowest BCUT2D eigenvalue weighted by Crippen LogP contribution is -2.47. The molecule has 1 unspecified atom stereocenters. The molecule has 0 saturated carbocycles. The predicted octanol–water partition coefficient (Wildman–Crippen LogP) is 3.78. The van der Waals surface area contributed by atoms with Crippen molar-refractivity contribution in [3.8, 4) is 5.75 Å². The Labute approximate surface area is 143 Å². The number of benzene rings is 1. The third-order valence-corrected chi connectivity index (χ3v) is 4.41. The molecule has 0 amide bonds. The molecule has 1 aromatic rings. The maximum atomic E-state index is 14.5. The second-order valence-corrected chi connectivity index (χ2v) is 6.00. The van der Waals surface area contributed by atoms with Crippen LogP contribution in [0.1, 0.15) is 38.3 Å². The third-order valence-electron chi connectivity index (χ3n) is 4.41. The van der Waals surface area contributed by atoms with Crippen molar-refractivity contribution in [1.29, 1.82) is 0 Å². The molecule has 2 rings (SSSR count). The number of nitrogens with one attached hydrogen (secondary N) is 1. The van der Waals surface area contributed by atoms with Crippen LogP contribution in [0, 0.1) is 17.6 Å². The number of methoxy groups -OCH3 is 1. The summed E-state index contributed by atoms with van der Waals surface area (Å²) in [5.41, 5.74) is 0.184. The maximum Gasteiger partial charge on any atom is 0.134 e. The normalized spacial score (nSPS) is 18.1. The highest BCUT2D eigenvalue weighted by Gasteiger charge is 2.31. The first-order valence-electron chi connectivity index (χ1n) is 8.06.